The van der Waals surface area contributed by atoms with Crippen LogP contribution in [0.2, 0.25) is 0 Å². The largest absolute Gasteiger partial charge is 0.324 e. The fourth-order valence-corrected chi connectivity index (χ4v) is 2.20. The van der Waals surface area contributed by atoms with Gasteiger partial charge in [0.25, 0.3) is 0 Å². The van der Waals surface area contributed by atoms with Gasteiger partial charge in [-0.05, 0) is 36.5 Å². The summed E-state index contributed by atoms with van der Waals surface area (Å²) in [6.07, 6.45) is 4.60. The third kappa shape index (κ3) is 3.60. The average Bonchev–Trinajstić information content (AvgIpc) is 2.29. The van der Waals surface area contributed by atoms with Crippen LogP contribution in [0.1, 0.15) is 51.1 Å². The Labute approximate surface area is 97.9 Å². The molecule has 0 radical (unpaired) electrons. The summed E-state index contributed by atoms with van der Waals surface area (Å²) in [6, 6.07) is 6.63. The molecule has 90 valence electrons. The molecule has 0 amide bonds. The van der Waals surface area contributed by atoms with Crippen LogP contribution in [0.25, 0.3) is 0 Å². The Hall–Kier alpha value is -0.890. The molecule has 0 heterocycles. The Morgan fingerprint density at radius 3 is 2.00 bits per heavy atom. The zero-order valence-electron chi connectivity index (χ0n) is 10.2. The fourth-order valence-electron chi connectivity index (χ4n) is 2.20. The van der Waals surface area contributed by atoms with E-state index < -0.39 is 0 Å². The van der Waals surface area contributed by atoms with E-state index in [1.807, 2.05) is 0 Å². The van der Waals surface area contributed by atoms with Crippen molar-refractivity contribution in [1.29, 1.82) is 0 Å². The van der Waals surface area contributed by atoms with Crippen molar-refractivity contribution in [1.82, 2.24) is 0 Å². The van der Waals surface area contributed by atoms with Crippen molar-refractivity contribution in [2.75, 3.05) is 0 Å². The normalized spacial score (nSPS) is 13.1. The van der Waals surface area contributed by atoms with Crippen molar-refractivity contribution in [2.45, 2.75) is 45.6 Å². The van der Waals surface area contributed by atoms with Crippen LogP contribution in [0.5, 0.6) is 0 Å². The van der Waals surface area contributed by atoms with Crippen molar-refractivity contribution < 1.29 is 4.39 Å². The number of hydrogen-bond donors (Lipinski definition) is 1. The lowest BCUT2D eigenvalue weighted by atomic mass is 9.87. The minimum absolute atomic E-state index is 0.0421. The minimum Gasteiger partial charge on any atom is -0.324 e. The van der Waals surface area contributed by atoms with E-state index in [4.69, 9.17) is 5.73 Å². The molecule has 0 fully saturated rings. The lowest BCUT2D eigenvalue weighted by Crippen LogP contribution is -2.21. The van der Waals surface area contributed by atoms with E-state index in [1.165, 1.54) is 12.1 Å². The molecule has 1 rings (SSSR count). The maximum Gasteiger partial charge on any atom is 0.123 e. The molecule has 1 unspecified atom stereocenters. The zero-order chi connectivity index (χ0) is 12.0. The number of nitrogens with two attached hydrogens (primary N) is 1. The molecule has 16 heavy (non-hydrogen) atoms. The Morgan fingerprint density at radius 2 is 1.56 bits per heavy atom. The van der Waals surface area contributed by atoms with Gasteiger partial charge in [0.15, 0.2) is 0 Å². The van der Waals surface area contributed by atoms with Crippen molar-refractivity contribution in [3.05, 3.63) is 35.6 Å². The second-order valence-electron chi connectivity index (χ2n) is 4.41. The maximum absolute atomic E-state index is 12.8. The highest BCUT2D eigenvalue weighted by atomic mass is 19.1. The predicted octanol–water partition coefficient (Wildman–Crippen LogP) is 4.04. The Balaban J connectivity index is 2.72. The van der Waals surface area contributed by atoms with Gasteiger partial charge in [-0.25, -0.2) is 4.39 Å². The first-order valence-electron chi connectivity index (χ1n) is 6.20. The highest BCUT2D eigenvalue weighted by molar-refractivity contribution is 5.20. The number of rotatable bonds is 6. The summed E-state index contributed by atoms with van der Waals surface area (Å²) < 4.78 is 12.8. The summed E-state index contributed by atoms with van der Waals surface area (Å²) in [6.45, 7) is 4.36. The van der Waals surface area contributed by atoms with Crippen molar-refractivity contribution in [3.8, 4) is 0 Å². The molecule has 0 aliphatic heterocycles. The summed E-state index contributed by atoms with van der Waals surface area (Å²) in [5, 5.41) is 0. The van der Waals surface area contributed by atoms with Gasteiger partial charge in [0.2, 0.25) is 0 Å². The molecule has 0 saturated carbocycles. The van der Waals surface area contributed by atoms with Crippen molar-refractivity contribution >= 4 is 0 Å². The van der Waals surface area contributed by atoms with Crippen molar-refractivity contribution in [3.63, 3.8) is 0 Å². The van der Waals surface area contributed by atoms with E-state index >= 15 is 0 Å². The number of hydrogen-bond acceptors (Lipinski definition) is 1. The monoisotopic (exact) mass is 223 g/mol. The van der Waals surface area contributed by atoms with Crippen LogP contribution in [0.4, 0.5) is 4.39 Å². The molecule has 1 aromatic carbocycles. The van der Waals surface area contributed by atoms with Gasteiger partial charge in [-0.15, -0.1) is 0 Å². The molecule has 0 spiro atoms. The summed E-state index contributed by atoms with van der Waals surface area (Å²) in [5.74, 6) is 0.318. The summed E-state index contributed by atoms with van der Waals surface area (Å²) in [5.41, 5.74) is 7.29. The molecule has 2 heteroatoms. The second kappa shape index (κ2) is 6.64. The second-order valence-corrected chi connectivity index (χ2v) is 4.41. The summed E-state index contributed by atoms with van der Waals surface area (Å²) in [4.78, 5) is 0. The maximum atomic E-state index is 12.8. The quantitative estimate of drug-likeness (QED) is 0.773. The third-order valence-electron chi connectivity index (χ3n) is 3.08. The van der Waals surface area contributed by atoms with E-state index in [1.54, 1.807) is 12.1 Å². The summed E-state index contributed by atoms with van der Waals surface area (Å²) in [7, 11) is 0. The molecule has 0 aromatic heterocycles. The molecule has 1 atom stereocenters. The number of benzene rings is 1. The topological polar surface area (TPSA) is 26.0 Å². The SMILES string of the molecule is CCCC(CCC)C(N)c1ccc(F)cc1. The molecule has 1 nitrogen and oxygen atoms in total. The van der Waals surface area contributed by atoms with Gasteiger partial charge in [-0.2, -0.15) is 0 Å². The Kier molecular flexibility index (Phi) is 5.47. The van der Waals surface area contributed by atoms with Gasteiger partial charge >= 0.3 is 0 Å². The summed E-state index contributed by atoms with van der Waals surface area (Å²) >= 11 is 0. The molecular formula is C14H22FN. The molecular weight excluding hydrogens is 201 g/mol. The minimum atomic E-state index is -0.196. The zero-order valence-corrected chi connectivity index (χ0v) is 10.2. The average molecular weight is 223 g/mol. The van der Waals surface area contributed by atoms with Crippen LogP contribution in [0.15, 0.2) is 24.3 Å². The third-order valence-corrected chi connectivity index (χ3v) is 3.08. The van der Waals surface area contributed by atoms with Crippen LogP contribution in [-0.2, 0) is 0 Å². The molecule has 0 aliphatic carbocycles. The molecule has 2 N–H and O–H groups in total. The Bertz CT molecular complexity index is 288. The first-order valence-corrected chi connectivity index (χ1v) is 6.20. The standard InChI is InChI=1S/C14H22FN/c1-3-5-11(6-4-2)14(16)12-7-9-13(15)10-8-12/h7-11,14H,3-6,16H2,1-2H3. The molecule has 0 bridgehead atoms. The van der Waals surface area contributed by atoms with E-state index in [-0.39, 0.29) is 11.9 Å². The van der Waals surface area contributed by atoms with Gasteiger partial charge in [-0.3, -0.25) is 0 Å². The van der Waals surface area contributed by atoms with E-state index in [2.05, 4.69) is 13.8 Å². The van der Waals surface area contributed by atoms with Crippen molar-refractivity contribution in [2.24, 2.45) is 11.7 Å². The highest BCUT2D eigenvalue weighted by Crippen LogP contribution is 2.27. The van der Waals surface area contributed by atoms with E-state index in [0.717, 1.165) is 31.2 Å². The van der Waals surface area contributed by atoms with Crippen LogP contribution in [0.3, 0.4) is 0 Å². The number of halogens is 1. The van der Waals surface area contributed by atoms with Gasteiger partial charge in [0.1, 0.15) is 5.82 Å². The first-order chi connectivity index (χ1) is 7.69. The van der Waals surface area contributed by atoms with Gasteiger partial charge in [-0.1, -0.05) is 38.8 Å². The van der Waals surface area contributed by atoms with Crippen LogP contribution < -0.4 is 5.73 Å². The lowest BCUT2D eigenvalue weighted by Gasteiger charge is -2.23. The van der Waals surface area contributed by atoms with Gasteiger partial charge in [0.05, 0.1) is 0 Å². The van der Waals surface area contributed by atoms with Gasteiger partial charge < -0.3 is 5.73 Å². The van der Waals surface area contributed by atoms with Gasteiger partial charge in [0, 0.05) is 6.04 Å². The Morgan fingerprint density at radius 1 is 1.06 bits per heavy atom. The molecule has 1 aromatic rings. The molecule has 0 saturated heterocycles. The van der Waals surface area contributed by atoms with Crippen LogP contribution in [-0.4, -0.2) is 0 Å². The predicted molar refractivity (Wildman–Crippen MR) is 66.6 cm³/mol. The highest BCUT2D eigenvalue weighted by Gasteiger charge is 2.17. The smallest absolute Gasteiger partial charge is 0.123 e. The van der Waals surface area contributed by atoms with E-state index in [9.17, 15) is 4.39 Å². The fraction of sp³-hybridized carbons (Fsp3) is 0.571. The van der Waals surface area contributed by atoms with E-state index in [0.29, 0.717) is 5.92 Å². The lowest BCUT2D eigenvalue weighted by molar-refractivity contribution is 0.368. The first kappa shape index (κ1) is 13.2. The molecule has 0 aliphatic rings. The van der Waals surface area contributed by atoms with Crippen LogP contribution >= 0.6 is 0 Å². The van der Waals surface area contributed by atoms with Crippen LogP contribution in [0, 0.1) is 11.7 Å².